The number of para-hydroxylation sites is 1. The molecule has 3 aromatic rings. The molecular weight excluding hydrogens is 422 g/mol. The number of amides is 2. The number of carbonyl (C=O) groups is 2. The van der Waals surface area contributed by atoms with Gasteiger partial charge < -0.3 is 19.4 Å². The summed E-state index contributed by atoms with van der Waals surface area (Å²) < 4.78 is 7.18. The van der Waals surface area contributed by atoms with Crippen molar-refractivity contribution in [1.29, 1.82) is 0 Å². The van der Waals surface area contributed by atoms with Crippen molar-refractivity contribution in [2.45, 2.75) is 13.0 Å². The predicted molar refractivity (Wildman–Crippen MR) is 127 cm³/mol. The van der Waals surface area contributed by atoms with Crippen LogP contribution in [-0.2, 0) is 9.53 Å². The van der Waals surface area contributed by atoms with Crippen molar-refractivity contribution in [3.05, 3.63) is 65.0 Å². The summed E-state index contributed by atoms with van der Waals surface area (Å²) >= 11 is 1.54. The third-order valence-corrected chi connectivity index (χ3v) is 7.52. The van der Waals surface area contributed by atoms with Crippen LogP contribution in [0.2, 0.25) is 0 Å². The van der Waals surface area contributed by atoms with Gasteiger partial charge in [-0.15, -0.1) is 11.3 Å². The Balaban J connectivity index is 1.41. The van der Waals surface area contributed by atoms with Gasteiger partial charge in [-0.2, -0.15) is 0 Å². The number of benzene rings is 2. The van der Waals surface area contributed by atoms with Crippen molar-refractivity contribution in [1.82, 2.24) is 9.80 Å². The number of anilines is 1. The van der Waals surface area contributed by atoms with Crippen molar-refractivity contribution < 1.29 is 14.3 Å². The number of thiophene rings is 1. The van der Waals surface area contributed by atoms with Gasteiger partial charge in [0, 0.05) is 55.6 Å². The summed E-state index contributed by atoms with van der Waals surface area (Å²) in [4.78, 5) is 32.5. The van der Waals surface area contributed by atoms with Crippen LogP contribution in [-0.4, -0.2) is 67.5 Å². The predicted octanol–water partition coefficient (Wildman–Crippen LogP) is 3.78. The number of nitrogens with zero attached hydrogens (tertiary/aromatic N) is 3. The Kier molecular flexibility index (Phi) is 5.85. The summed E-state index contributed by atoms with van der Waals surface area (Å²) in [6.45, 7) is 6.15. The Morgan fingerprint density at radius 2 is 1.62 bits per heavy atom. The van der Waals surface area contributed by atoms with E-state index in [-0.39, 0.29) is 17.9 Å². The minimum atomic E-state index is -0.284. The quantitative estimate of drug-likeness (QED) is 0.611. The second kappa shape index (κ2) is 8.92. The Hall–Kier alpha value is -2.90. The molecule has 2 fully saturated rings. The lowest BCUT2D eigenvalue weighted by Crippen LogP contribution is -2.49. The van der Waals surface area contributed by atoms with Gasteiger partial charge in [0.1, 0.15) is 6.10 Å². The summed E-state index contributed by atoms with van der Waals surface area (Å²) in [5, 5.41) is 1.05. The molecule has 2 amide bonds. The number of fused-ring (bicyclic) bond motifs is 1. The lowest BCUT2D eigenvalue weighted by atomic mass is 10.0. The number of piperazine rings is 1. The first kappa shape index (κ1) is 21.0. The van der Waals surface area contributed by atoms with Crippen molar-refractivity contribution >= 4 is 38.9 Å². The van der Waals surface area contributed by atoms with Crippen LogP contribution in [0.5, 0.6) is 0 Å². The van der Waals surface area contributed by atoms with Gasteiger partial charge in [0.2, 0.25) is 5.91 Å². The third-order valence-electron chi connectivity index (χ3n) is 6.35. The lowest BCUT2D eigenvalue weighted by molar-refractivity contribution is -0.136. The van der Waals surface area contributed by atoms with E-state index in [9.17, 15) is 9.59 Å². The molecule has 0 unspecified atom stereocenters. The van der Waals surface area contributed by atoms with Crippen molar-refractivity contribution in [3.8, 4) is 0 Å². The van der Waals surface area contributed by atoms with Crippen LogP contribution in [0.25, 0.3) is 10.1 Å². The number of ether oxygens (including phenoxy) is 1. The van der Waals surface area contributed by atoms with Gasteiger partial charge in [-0.1, -0.05) is 36.4 Å². The molecule has 2 aliphatic heterocycles. The Morgan fingerprint density at radius 1 is 0.906 bits per heavy atom. The van der Waals surface area contributed by atoms with Crippen LogP contribution in [0.15, 0.2) is 54.6 Å². The molecule has 0 bridgehead atoms. The molecule has 3 heterocycles. The molecule has 0 N–H and O–H groups in total. The van der Waals surface area contributed by atoms with Gasteiger partial charge in [-0.25, -0.2) is 0 Å². The smallest absolute Gasteiger partial charge is 0.264 e. The molecule has 5 rings (SSSR count). The monoisotopic (exact) mass is 449 g/mol. The maximum absolute atomic E-state index is 13.7. The highest BCUT2D eigenvalue weighted by Crippen LogP contribution is 2.39. The van der Waals surface area contributed by atoms with E-state index in [1.54, 1.807) is 6.92 Å². The largest absolute Gasteiger partial charge is 0.370 e. The number of rotatable bonds is 3. The fraction of sp³-hybridized carbons (Fsp3) is 0.360. The molecule has 0 aliphatic carbocycles. The van der Waals surface area contributed by atoms with Crippen LogP contribution in [0.3, 0.4) is 0 Å². The van der Waals surface area contributed by atoms with Crippen LogP contribution in [0, 0.1) is 0 Å². The van der Waals surface area contributed by atoms with Gasteiger partial charge in [0.15, 0.2) is 0 Å². The topological polar surface area (TPSA) is 53.1 Å². The molecule has 166 valence electrons. The Labute approximate surface area is 192 Å². The highest BCUT2D eigenvalue weighted by atomic mass is 32.1. The summed E-state index contributed by atoms with van der Waals surface area (Å²) in [6, 6.07) is 18.4. The molecule has 1 atom stereocenters. The molecule has 2 aliphatic rings. The standard InChI is InChI=1S/C25H27N3O3S/c1-18(29)28-15-16-31-21(17-28)23-20-9-5-6-10-22(20)32-24(23)25(30)27-13-11-26(12-14-27)19-7-3-2-4-8-19/h2-10,21H,11-17H2,1H3/t21-/m1/s1. The van der Waals surface area contributed by atoms with E-state index in [0.29, 0.717) is 32.8 Å². The summed E-state index contributed by atoms with van der Waals surface area (Å²) in [7, 11) is 0. The van der Waals surface area contributed by atoms with E-state index in [0.717, 1.165) is 33.6 Å². The van der Waals surface area contributed by atoms with Gasteiger partial charge in [0.05, 0.1) is 18.0 Å². The normalized spacial score (nSPS) is 19.4. The second-order valence-electron chi connectivity index (χ2n) is 8.28. The Morgan fingerprint density at radius 3 is 2.38 bits per heavy atom. The lowest BCUT2D eigenvalue weighted by Gasteiger charge is -2.36. The first-order valence-corrected chi connectivity index (χ1v) is 11.9. The second-order valence-corrected chi connectivity index (χ2v) is 9.33. The molecule has 0 radical (unpaired) electrons. The molecule has 6 nitrogen and oxygen atoms in total. The van der Waals surface area contributed by atoms with Crippen LogP contribution < -0.4 is 4.90 Å². The molecule has 7 heteroatoms. The zero-order valence-corrected chi connectivity index (χ0v) is 19.0. The molecule has 2 saturated heterocycles. The Bertz CT molecular complexity index is 1120. The van der Waals surface area contributed by atoms with E-state index in [2.05, 4.69) is 29.2 Å². The van der Waals surface area contributed by atoms with E-state index >= 15 is 0 Å². The SMILES string of the molecule is CC(=O)N1CCO[C@@H](c2c(C(=O)N3CCN(c4ccccc4)CC3)sc3ccccc23)C1. The van der Waals surface area contributed by atoms with Gasteiger partial charge in [-0.05, 0) is 23.6 Å². The van der Waals surface area contributed by atoms with E-state index in [4.69, 9.17) is 4.74 Å². The van der Waals surface area contributed by atoms with Crippen molar-refractivity contribution in [3.63, 3.8) is 0 Å². The van der Waals surface area contributed by atoms with E-state index in [1.807, 2.05) is 40.1 Å². The first-order chi connectivity index (χ1) is 15.6. The fourth-order valence-corrected chi connectivity index (χ4v) is 5.83. The summed E-state index contributed by atoms with van der Waals surface area (Å²) in [5.41, 5.74) is 2.13. The highest BCUT2D eigenvalue weighted by Gasteiger charge is 2.33. The van der Waals surface area contributed by atoms with E-state index < -0.39 is 0 Å². The number of hydrogen-bond acceptors (Lipinski definition) is 5. The van der Waals surface area contributed by atoms with Gasteiger partial charge in [0.25, 0.3) is 5.91 Å². The average Bonchev–Trinajstić information content (AvgIpc) is 3.24. The van der Waals surface area contributed by atoms with E-state index in [1.165, 1.54) is 17.0 Å². The molecule has 32 heavy (non-hydrogen) atoms. The van der Waals surface area contributed by atoms with Crippen LogP contribution in [0.1, 0.15) is 28.3 Å². The maximum atomic E-state index is 13.7. The molecule has 0 spiro atoms. The van der Waals surface area contributed by atoms with Crippen molar-refractivity contribution in [2.24, 2.45) is 0 Å². The molecule has 1 aromatic heterocycles. The number of hydrogen-bond donors (Lipinski definition) is 0. The molecular formula is C25H27N3O3S. The maximum Gasteiger partial charge on any atom is 0.264 e. The minimum absolute atomic E-state index is 0.0442. The summed E-state index contributed by atoms with van der Waals surface area (Å²) in [5.74, 6) is 0.111. The van der Waals surface area contributed by atoms with Crippen molar-refractivity contribution in [2.75, 3.05) is 50.8 Å². The molecule has 0 saturated carbocycles. The fourth-order valence-electron chi connectivity index (χ4n) is 4.60. The average molecular weight is 450 g/mol. The third kappa shape index (κ3) is 3.98. The highest BCUT2D eigenvalue weighted by molar-refractivity contribution is 7.21. The number of carbonyl (C=O) groups excluding carboxylic acids is 2. The first-order valence-electron chi connectivity index (χ1n) is 11.1. The van der Waals surface area contributed by atoms with Gasteiger partial charge >= 0.3 is 0 Å². The molecule has 2 aromatic carbocycles. The zero-order chi connectivity index (χ0) is 22.1. The van der Waals surface area contributed by atoms with Gasteiger partial charge in [-0.3, -0.25) is 9.59 Å². The minimum Gasteiger partial charge on any atom is -0.370 e. The van der Waals surface area contributed by atoms with Crippen LogP contribution >= 0.6 is 11.3 Å². The number of morpholine rings is 1. The summed E-state index contributed by atoms with van der Waals surface area (Å²) in [6.07, 6.45) is -0.284. The zero-order valence-electron chi connectivity index (χ0n) is 18.2. The van der Waals surface area contributed by atoms with Crippen LogP contribution in [0.4, 0.5) is 5.69 Å².